The number of ether oxygens (including phenoxy) is 1. The van der Waals surface area contributed by atoms with Gasteiger partial charge in [-0.15, -0.1) is 0 Å². The average Bonchev–Trinajstić information content (AvgIpc) is 2.60. The molecule has 2 aliphatic rings. The molecule has 1 spiro atoms. The van der Waals surface area contributed by atoms with E-state index in [1.807, 2.05) is 53.7 Å². The summed E-state index contributed by atoms with van der Waals surface area (Å²) in [4.78, 5) is 24.3. The van der Waals surface area contributed by atoms with Crippen LogP contribution >= 0.6 is 0 Å². The normalized spacial score (nSPS) is 22.7. The number of carbonyl (C=O) groups is 2. The van der Waals surface area contributed by atoms with Gasteiger partial charge in [-0.1, -0.05) is 41.5 Å². The highest BCUT2D eigenvalue weighted by Gasteiger charge is 2.45. The van der Waals surface area contributed by atoms with Gasteiger partial charge in [-0.05, 0) is 23.0 Å². The number of rotatable bonds is 0. The number of carbonyl (C=O) groups excluding carboxylic acids is 2. The van der Waals surface area contributed by atoms with Gasteiger partial charge in [0.1, 0.15) is 0 Å². The minimum atomic E-state index is -0.712. The zero-order valence-corrected chi connectivity index (χ0v) is 13.3. The molecule has 0 aromatic carbocycles. The molecule has 0 radical (unpaired) electrons. The van der Waals surface area contributed by atoms with E-state index in [0.717, 1.165) is 11.1 Å². The monoisotopic (exact) mass is 282 g/mol. The van der Waals surface area contributed by atoms with Crippen LogP contribution in [-0.2, 0) is 14.3 Å². The van der Waals surface area contributed by atoms with E-state index >= 15 is 0 Å². The van der Waals surface area contributed by atoms with Crippen molar-refractivity contribution in [2.45, 2.75) is 60.0 Å². The lowest BCUT2D eigenvalue weighted by Gasteiger charge is -2.36. The Kier molecular flexibility index (Phi) is 3.23. The summed E-state index contributed by atoms with van der Waals surface area (Å²) in [7, 11) is 0. The average molecular weight is 282 g/mol. The zero-order valence-electron chi connectivity index (χ0n) is 13.3. The van der Waals surface area contributed by atoms with Gasteiger partial charge < -0.3 is 4.74 Å². The van der Waals surface area contributed by atoms with Crippen LogP contribution < -0.4 is 0 Å². The predicted molar refractivity (Wildman–Crippen MR) is 78.1 cm³/mol. The van der Waals surface area contributed by atoms with Gasteiger partial charge in [0.2, 0.25) is 0 Å². The van der Waals surface area contributed by atoms with Gasteiger partial charge in [-0.2, -0.15) is 0 Å². The molecular weight excluding hydrogens is 258 g/mol. The fraction of sp³-hybridized carbons (Fsp3) is 0.647. The number of hydrogen-bond acceptors (Lipinski definition) is 3. The van der Waals surface area contributed by atoms with E-state index < -0.39 is 5.60 Å². The Balaban J connectivity index is 2.57. The first-order valence-corrected chi connectivity index (χ1v) is 7.18. The van der Waals surface area contributed by atoms with Crippen molar-refractivity contribution in [1.29, 1.82) is 0 Å². The maximum absolute atomic E-state index is 12.8. The Morgan fingerprint density at radius 3 is 1.70 bits per heavy atom. The topological polar surface area (TPSA) is 43.4 Å². The molecule has 0 bridgehead atoms. The first kappa shape index (κ1) is 15.0. The fourth-order valence-electron chi connectivity index (χ4n) is 2.74. The molecule has 1 heterocycles. The third kappa shape index (κ3) is 2.58. The van der Waals surface area contributed by atoms with Crippen molar-refractivity contribution in [3.8, 4) is 0 Å². The molecule has 3 nitrogen and oxygen atoms in total. The summed E-state index contributed by atoms with van der Waals surface area (Å²) in [5.41, 5.74) is 0.267. The van der Waals surface area contributed by atoms with Crippen LogP contribution in [0.1, 0.15) is 54.4 Å². The van der Waals surface area contributed by atoms with Crippen molar-refractivity contribution in [1.82, 2.24) is 0 Å². The second-order valence-electron chi connectivity index (χ2n) is 7.87. The highest BCUT2D eigenvalue weighted by Crippen LogP contribution is 2.44. The molecule has 1 aliphatic carbocycles. The van der Waals surface area contributed by atoms with Gasteiger partial charge in [0, 0.05) is 17.6 Å². The van der Waals surface area contributed by atoms with Crippen LogP contribution in [0, 0.1) is 10.8 Å². The molecule has 1 aliphatic heterocycles. The number of Topliss-reactive ketones (excluding diaryl/α,β-unsaturated/α-hetero) is 1. The highest BCUT2D eigenvalue weighted by molar-refractivity contribution is 6.11. The molecule has 20 heavy (non-hydrogen) atoms. The second kappa shape index (κ2) is 4.31. The SMILES string of the molecule is CC(C)(C)[13C]1=[13CH][13C]2(CCC(=O)O2)[13CH]=[13C](C(C)(C)C)[13C]1=O. The Morgan fingerprint density at radius 1 is 0.950 bits per heavy atom. The molecule has 1 saturated heterocycles. The van der Waals surface area contributed by atoms with Crippen LogP contribution in [0.5, 0.6) is 0 Å². The first-order valence-electron chi connectivity index (χ1n) is 7.18. The van der Waals surface area contributed by atoms with Gasteiger partial charge in [0.15, 0.2) is 11.4 Å². The van der Waals surface area contributed by atoms with Crippen molar-refractivity contribution < 1.29 is 14.3 Å². The lowest BCUT2D eigenvalue weighted by atomic mass is 10.0. The maximum Gasteiger partial charge on any atom is 0.307 e. The smallest absolute Gasteiger partial charge is 0.307 e. The first-order chi connectivity index (χ1) is 8.95. The highest BCUT2D eigenvalue weighted by atomic mass is 16.6. The van der Waals surface area contributed by atoms with E-state index in [2.05, 4.69) is 0 Å². The summed E-state index contributed by atoms with van der Waals surface area (Å²) >= 11 is 0. The van der Waals surface area contributed by atoms with E-state index in [9.17, 15) is 9.59 Å². The van der Waals surface area contributed by atoms with Crippen molar-refractivity contribution in [2.24, 2.45) is 10.8 Å². The van der Waals surface area contributed by atoms with E-state index in [4.69, 9.17) is 4.74 Å². The third-order valence-corrected chi connectivity index (χ3v) is 3.91. The molecule has 3 heteroatoms. The molecule has 0 saturated carbocycles. The molecule has 2 rings (SSSR count). The van der Waals surface area contributed by atoms with Gasteiger partial charge in [-0.25, -0.2) is 0 Å². The van der Waals surface area contributed by atoms with Crippen LogP contribution in [0.3, 0.4) is 0 Å². The fourth-order valence-corrected chi connectivity index (χ4v) is 2.74. The van der Waals surface area contributed by atoms with Crippen LogP contribution in [0.2, 0.25) is 0 Å². The Hall–Kier alpha value is -1.38. The minimum absolute atomic E-state index is 0.0820. The molecule has 1 fully saturated rings. The molecule has 0 aromatic heterocycles. The number of hydrogen-bond donors (Lipinski definition) is 0. The molecule has 0 N–H and O–H groups in total. The van der Waals surface area contributed by atoms with E-state index in [1.165, 1.54) is 0 Å². The Labute approximate surface area is 121 Å². The van der Waals surface area contributed by atoms with Crippen LogP contribution in [0.15, 0.2) is 23.3 Å². The summed E-state index contributed by atoms with van der Waals surface area (Å²) in [5.74, 6) is -0.105. The van der Waals surface area contributed by atoms with Crippen LogP contribution in [0.25, 0.3) is 0 Å². The van der Waals surface area contributed by atoms with Gasteiger partial charge in [0.05, 0.1) is 6.42 Å². The van der Waals surface area contributed by atoms with Crippen molar-refractivity contribution in [3.05, 3.63) is 23.3 Å². The van der Waals surface area contributed by atoms with Gasteiger partial charge in [0.25, 0.3) is 0 Å². The van der Waals surface area contributed by atoms with Crippen LogP contribution in [-0.4, -0.2) is 17.4 Å². The number of allylic oxidation sites excluding steroid dienone is 2. The molecule has 0 aromatic rings. The molecule has 0 unspecified atom stereocenters. The van der Waals surface area contributed by atoms with Crippen LogP contribution in [0.4, 0.5) is 0 Å². The Bertz CT molecular complexity index is 487. The lowest BCUT2D eigenvalue weighted by Crippen LogP contribution is -2.37. The number of esters is 1. The maximum atomic E-state index is 12.8. The van der Waals surface area contributed by atoms with Crippen molar-refractivity contribution in [3.63, 3.8) is 0 Å². The van der Waals surface area contributed by atoms with Crippen molar-refractivity contribution >= 4 is 11.8 Å². The van der Waals surface area contributed by atoms with E-state index in [1.54, 1.807) is 0 Å². The third-order valence-electron chi connectivity index (χ3n) is 3.91. The molecule has 110 valence electrons. The summed E-state index contributed by atoms with van der Waals surface area (Å²) < 4.78 is 5.54. The standard InChI is InChI=1S/C17H24O3/c1-15(2,3)11-9-17(8-7-13(18)20-17)10-12(14(11)19)16(4,5)6/h9-10H,7-8H2,1-6H3/i9+1,10+1,11+1,12+1,14+1,17+1. The lowest BCUT2D eigenvalue weighted by molar-refractivity contribution is -0.143. The molecular formula is C17H24O3. The Morgan fingerprint density at radius 2 is 1.40 bits per heavy atom. The predicted octanol–water partition coefficient (Wildman–Crippen LogP) is 3.59. The quantitative estimate of drug-likeness (QED) is 0.504. The summed E-state index contributed by atoms with van der Waals surface area (Å²) in [6, 6.07) is 0. The zero-order chi connectivity index (χ0) is 15.3. The van der Waals surface area contributed by atoms with Gasteiger partial charge in [-0.3, -0.25) is 9.59 Å². The van der Waals surface area contributed by atoms with E-state index in [0.29, 0.717) is 12.8 Å². The number of ketones is 1. The molecule has 0 amide bonds. The summed E-state index contributed by atoms with van der Waals surface area (Å²) in [5, 5.41) is 0. The largest absolute Gasteiger partial charge is 0.450 e. The minimum Gasteiger partial charge on any atom is -0.450 e. The van der Waals surface area contributed by atoms with Gasteiger partial charge >= 0.3 is 5.97 Å². The van der Waals surface area contributed by atoms with E-state index in [-0.39, 0.29) is 22.6 Å². The molecule has 0 atom stereocenters. The second-order valence-corrected chi connectivity index (χ2v) is 7.87. The summed E-state index contributed by atoms with van der Waals surface area (Å²) in [6.07, 6.45) is 4.78. The summed E-state index contributed by atoms with van der Waals surface area (Å²) in [6.45, 7) is 12.1. The van der Waals surface area contributed by atoms with Crippen molar-refractivity contribution in [2.75, 3.05) is 0 Å².